The first-order valence-corrected chi connectivity index (χ1v) is 6.19. The molecule has 0 spiro atoms. The minimum absolute atomic E-state index is 0.0602. The highest BCUT2D eigenvalue weighted by Gasteiger charge is 2.28. The second-order valence-corrected chi connectivity index (χ2v) is 6.07. The third-order valence-corrected chi connectivity index (χ3v) is 3.17. The van der Waals surface area contributed by atoms with Crippen molar-refractivity contribution in [3.8, 4) is 0 Å². The normalized spacial score (nSPS) is 16.3. The molecule has 0 aliphatic heterocycles. The highest BCUT2D eigenvalue weighted by Crippen LogP contribution is 2.25. The quantitative estimate of drug-likeness (QED) is 0.858. The summed E-state index contributed by atoms with van der Waals surface area (Å²) in [6.07, 6.45) is 0.0969. The summed E-state index contributed by atoms with van der Waals surface area (Å²) in [5, 5.41) is 2.07. The highest BCUT2D eigenvalue weighted by atomic mass is 32.1. The Labute approximate surface area is 96.4 Å². The third-order valence-electron chi connectivity index (χ3n) is 2.32. The Morgan fingerprint density at radius 2 is 2.13 bits per heavy atom. The summed E-state index contributed by atoms with van der Waals surface area (Å²) in [4.78, 5) is 1.25. The van der Waals surface area contributed by atoms with E-state index in [4.69, 9.17) is 10.5 Å². The first-order chi connectivity index (χ1) is 6.91. The molecule has 2 N–H and O–H groups in total. The van der Waals surface area contributed by atoms with E-state index in [-0.39, 0.29) is 17.6 Å². The van der Waals surface area contributed by atoms with E-state index < -0.39 is 0 Å². The van der Waals surface area contributed by atoms with Gasteiger partial charge < -0.3 is 10.5 Å². The Balaban J connectivity index is 2.53. The molecule has 2 atom stereocenters. The molecule has 1 heterocycles. The topological polar surface area (TPSA) is 35.2 Å². The van der Waals surface area contributed by atoms with Crippen LogP contribution < -0.4 is 5.73 Å². The second-order valence-electron chi connectivity index (χ2n) is 5.04. The lowest BCUT2D eigenvalue weighted by Gasteiger charge is -2.33. The predicted molar refractivity (Wildman–Crippen MR) is 66.0 cm³/mol. The van der Waals surface area contributed by atoms with Gasteiger partial charge >= 0.3 is 0 Å². The van der Waals surface area contributed by atoms with Crippen LogP contribution in [-0.2, 0) is 11.3 Å². The molecular weight excluding hydrogens is 206 g/mol. The molecule has 0 fully saturated rings. The lowest BCUT2D eigenvalue weighted by Crippen LogP contribution is -2.43. The first-order valence-electron chi connectivity index (χ1n) is 5.31. The summed E-state index contributed by atoms with van der Waals surface area (Å²) in [6.45, 7) is 9.16. The van der Waals surface area contributed by atoms with Crippen molar-refractivity contribution in [3.63, 3.8) is 0 Å². The minimum atomic E-state index is 0.0602. The summed E-state index contributed by atoms with van der Waals surface area (Å²) in [5.41, 5.74) is 6.03. The van der Waals surface area contributed by atoms with Crippen LogP contribution in [0.3, 0.4) is 0 Å². The Morgan fingerprint density at radius 3 is 2.53 bits per heavy atom. The SMILES string of the molecule is CC(N)C(OCc1cccs1)C(C)(C)C. The van der Waals surface area contributed by atoms with Crippen LogP contribution in [0.5, 0.6) is 0 Å². The van der Waals surface area contributed by atoms with Crippen molar-refractivity contribution in [3.05, 3.63) is 22.4 Å². The van der Waals surface area contributed by atoms with Crippen molar-refractivity contribution >= 4 is 11.3 Å². The van der Waals surface area contributed by atoms with E-state index >= 15 is 0 Å². The number of nitrogens with two attached hydrogens (primary N) is 1. The maximum Gasteiger partial charge on any atom is 0.0814 e. The average molecular weight is 227 g/mol. The monoisotopic (exact) mass is 227 g/mol. The molecule has 2 unspecified atom stereocenters. The van der Waals surface area contributed by atoms with Crippen LogP contribution >= 0.6 is 11.3 Å². The predicted octanol–water partition coefficient (Wildman–Crippen LogP) is 3.03. The fraction of sp³-hybridized carbons (Fsp3) is 0.667. The lowest BCUT2D eigenvalue weighted by atomic mass is 9.85. The molecule has 2 nitrogen and oxygen atoms in total. The van der Waals surface area contributed by atoms with Crippen LogP contribution in [0, 0.1) is 5.41 Å². The Morgan fingerprint density at radius 1 is 1.47 bits per heavy atom. The van der Waals surface area contributed by atoms with Gasteiger partial charge in [0.1, 0.15) is 0 Å². The zero-order chi connectivity index (χ0) is 11.5. The summed E-state index contributed by atoms with van der Waals surface area (Å²) >= 11 is 1.72. The zero-order valence-electron chi connectivity index (χ0n) is 9.99. The molecular formula is C12H21NOS. The van der Waals surface area contributed by atoms with Crippen LogP contribution in [0.1, 0.15) is 32.6 Å². The number of hydrogen-bond donors (Lipinski definition) is 1. The van der Waals surface area contributed by atoms with Crippen LogP contribution in [0.15, 0.2) is 17.5 Å². The molecule has 1 aromatic heterocycles. The molecule has 15 heavy (non-hydrogen) atoms. The van der Waals surface area contributed by atoms with E-state index in [1.807, 2.05) is 13.0 Å². The van der Waals surface area contributed by atoms with Crippen molar-refractivity contribution in [2.45, 2.75) is 46.4 Å². The van der Waals surface area contributed by atoms with Gasteiger partial charge in [-0.05, 0) is 23.8 Å². The maximum absolute atomic E-state index is 5.94. The number of ether oxygens (including phenoxy) is 1. The summed E-state index contributed by atoms with van der Waals surface area (Å²) in [6, 6.07) is 4.19. The van der Waals surface area contributed by atoms with Crippen LogP contribution in [0.2, 0.25) is 0 Å². The van der Waals surface area contributed by atoms with Gasteiger partial charge in [-0.2, -0.15) is 0 Å². The van der Waals surface area contributed by atoms with E-state index in [0.717, 1.165) is 0 Å². The lowest BCUT2D eigenvalue weighted by molar-refractivity contribution is -0.0389. The van der Waals surface area contributed by atoms with Gasteiger partial charge in [-0.1, -0.05) is 26.8 Å². The maximum atomic E-state index is 5.94. The smallest absolute Gasteiger partial charge is 0.0814 e. The van der Waals surface area contributed by atoms with E-state index in [2.05, 4.69) is 32.2 Å². The fourth-order valence-corrected chi connectivity index (χ4v) is 2.38. The fourth-order valence-electron chi connectivity index (χ4n) is 1.76. The van der Waals surface area contributed by atoms with Gasteiger partial charge in [0, 0.05) is 10.9 Å². The largest absolute Gasteiger partial charge is 0.371 e. The first kappa shape index (κ1) is 12.7. The third kappa shape index (κ3) is 3.93. The number of hydrogen-bond acceptors (Lipinski definition) is 3. The summed E-state index contributed by atoms with van der Waals surface area (Å²) < 4.78 is 5.90. The summed E-state index contributed by atoms with van der Waals surface area (Å²) in [5.74, 6) is 0. The molecule has 0 saturated heterocycles. The van der Waals surface area contributed by atoms with Crippen molar-refractivity contribution in [1.82, 2.24) is 0 Å². The number of thiophene rings is 1. The Kier molecular flexibility index (Phi) is 4.32. The molecule has 1 aromatic rings. The molecule has 86 valence electrons. The van der Waals surface area contributed by atoms with Crippen molar-refractivity contribution in [2.75, 3.05) is 0 Å². The van der Waals surface area contributed by atoms with Gasteiger partial charge in [0.15, 0.2) is 0 Å². The molecule has 0 aliphatic rings. The average Bonchev–Trinajstić information content (AvgIpc) is 2.53. The molecule has 0 aliphatic carbocycles. The van der Waals surface area contributed by atoms with Crippen molar-refractivity contribution in [1.29, 1.82) is 0 Å². The highest BCUT2D eigenvalue weighted by molar-refractivity contribution is 7.09. The van der Waals surface area contributed by atoms with Gasteiger partial charge in [0.25, 0.3) is 0 Å². The van der Waals surface area contributed by atoms with E-state index in [0.29, 0.717) is 6.61 Å². The van der Waals surface area contributed by atoms with E-state index in [1.165, 1.54) is 4.88 Å². The van der Waals surface area contributed by atoms with E-state index in [9.17, 15) is 0 Å². The molecule has 0 bridgehead atoms. The van der Waals surface area contributed by atoms with Crippen LogP contribution in [0.25, 0.3) is 0 Å². The van der Waals surface area contributed by atoms with Gasteiger partial charge in [-0.15, -0.1) is 11.3 Å². The second kappa shape index (κ2) is 5.10. The molecule has 0 amide bonds. The van der Waals surface area contributed by atoms with Crippen LogP contribution in [0.4, 0.5) is 0 Å². The Hall–Kier alpha value is -0.380. The summed E-state index contributed by atoms with van der Waals surface area (Å²) in [7, 11) is 0. The van der Waals surface area contributed by atoms with Gasteiger partial charge in [0.2, 0.25) is 0 Å². The molecule has 0 radical (unpaired) electrons. The van der Waals surface area contributed by atoms with E-state index in [1.54, 1.807) is 11.3 Å². The molecule has 0 aromatic carbocycles. The molecule has 3 heteroatoms. The standard InChI is InChI=1S/C12H21NOS/c1-9(13)11(12(2,3)4)14-8-10-6-5-7-15-10/h5-7,9,11H,8,13H2,1-4H3. The van der Waals surface area contributed by atoms with Crippen molar-refractivity contribution < 1.29 is 4.74 Å². The Bertz CT molecular complexity index is 274. The van der Waals surface area contributed by atoms with Gasteiger partial charge in [-0.25, -0.2) is 0 Å². The van der Waals surface area contributed by atoms with Crippen LogP contribution in [-0.4, -0.2) is 12.1 Å². The van der Waals surface area contributed by atoms with Gasteiger partial charge in [0.05, 0.1) is 12.7 Å². The molecule has 1 rings (SSSR count). The molecule has 0 saturated carbocycles. The van der Waals surface area contributed by atoms with Gasteiger partial charge in [-0.3, -0.25) is 0 Å². The number of rotatable bonds is 4. The minimum Gasteiger partial charge on any atom is -0.371 e. The zero-order valence-corrected chi connectivity index (χ0v) is 10.8. The van der Waals surface area contributed by atoms with Crippen molar-refractivity contribution in [2.24, 2.45) is 11.1 Å².